The summed E-state index contributed by atoms with van der Waals surface area (Å²) in [5, 5.41) is 10.4. The van der Waals surface area contributed by atoms with E-state index in [1.165, 1.54) is 35.4 Å². The molecule has 2 amide bonds. The van der Waals surface area contributed by atoms with Gasteiger partial charge in [-0.3, -0.25) is 14.5 Å². The first-order chi connectivity index (χ1) is 18.7. The van der Waals surface area contributed by atoms with Crippen molar-refractivity contribution in [1.82, 2.24) is 4.90 Å². The van der Waals surface area contributed by atoms with Crippen LogP contribution in [-0.4, -0.2) is 47.0 Å². The van der Waals surface area contributed by atoms with E-state index in [0.717, 1.165) is 23.9 Å². The quantitative estimate of drug-likeness (QED) is 0.204. The molecule has 1 aliphatic rings. The Labute approximate surface area is 226 Å². The lowest BCUT2D eigenvalue weighted by molar-refractivity contribution is -0.137. The van der Waals surface area contributed by atoms with Gasteiger partial charge in [0.2, 0.25) is 11.8 Å². The number of hydrogen-bond acceptors (Lipinski definition) is 7. The first-order valence-corrected chi connectivity index (χ1v) is 12.5. The average Bonchev–Trinajstić information content (AvgIpc) is 3.50. The third-order valence-corrected chi connectivity index (χ3v) is 6.67. The molecular formula is C27H23F3N4O4S. The predicted molar refractivity (Wildman–Crippen MR) is 144 cm³/mol. The number of furan rings is 1. The highest BCUT2D eigenvalue weighted by Gasteiger charge is 2.38. The van der Waals surface area contributed by atoms with Gasteiger partial charge in [-0.1, -0.05) is 30.0 Å². The summed E-state index contributed by atoms with van der Waals surface area (Å²) < 4.78 is 49.7. The normalized spacial score (nSPS) is 16.7. The summed E-state index contributed by atoms with van der Waals surface area (Å²) in [6.45, 7) is 3.84. The fraction of sp³-hybridized carbons (Fsp3) is 0.185. The maximum Gasteiger partial charge on any atom is 0.416 e. The molecule has 2 heterocycles. The molecule has 4 rings (SSSR count). The number of rotatable bonds is 9. The molecule has 1 saturated heterocycles. The van der Waals surface area contributed by atoms with Crippen LogP contribution < -0.4 is 10.1 Å². The number of amidine groups is 1. The minimum Gasteiger partial charge on any atom is -0.497 e. The third-order valence-electron chi connectivity index (χ3n) is 5.51. The number of thioether (sulfide) groups is 1. The van der Waals surface area contributed by atoms with E-state index in [2.05, 4.69) is 22.1 Å². The molecule has 39 heavy (non-hydrogen) atoms. The first-order valence-electron chi connectivity index (χ1n) is 11.6. The smallest absolute Gasteiger partial charge is 0.416 e. The molecule has 0 saturated carbocycles. The zero-order valence-electron chi connectivity index (χ0n) is 20.6. The molecule has 8 nitrogen and oxygen atoms in total. The van der Waals surface area contributed by atoms with Crippen LogP contribution in [0.15, 0.2) is 87.9 Å². The monoisotopic (exact) mass is 556 g/mol. The lowest BCUT2D eigenvalue weighted by atomic mass is 10.1. The zero-order valence-corrected chi connectivity index (χ0v) is 21.5. The summed E-state index contributed by atoms with van der Waals surface area (Å²) in [6, 6.07) is 14.7. The molecule has 3 aromatic rings. The van der Waals surface area contributed by atoms with Crippen LogP contribution in [-0.2, 0) is 15.8 Å². The summed E-state index contributed by atoms with van der Waals surface area (Å²) >= 11 is 1.10. The van der Waals surface area contributed by atoms with Crippen LogP contribution in [0.25, 0.3) is 11.3 Å². The van der Waals surface area contributed by atoms with Gasteiger partial charge in [0.25, 0.3) is 0 Å². The Morgan fingerprint density at radius 3 is 2.67 bits per heavy atom. The lowest BCUT2D eigenvalue weighted by Crippen LogP contribution is -2.33. The fourth-order valence-electron chi connectivity index (χ4n) is 3.63. The summed E-state index contributed by atoms with van der Waals surface area (Å²) in [4.78, 5) is 26.8. The summed E-state index contributed by atoms with van der Waals surface area (Å²) in [7, 11) is 1.54. The molecule has 202 valence electrons. The Kier molecular flexibility index (Phi) is 8.55. The van der Waals surface area contributed by atoms with Crippen LogP contribution in [0.1, 0.15) is 17.7 Å². The molecule has 2 aromatic carbocycles. The first kappa shape index (κ1) is 27.7. The number of nitrogens with one attached hydrogen (secondary N) is 1. The summed E-state index contributed by atoms with van der Waals surface area (Å²) in [5.74, 6) is 0.497. The highest BCUT2D eigenvalue weighted by Crippen LogP contribution is 2.33. The number of benzene rings is 2. The second kappa shape index (κ2) is 12.0. The maximum atomic E-state index is 13.0. The van der Waals surface area contributed by atoms with Gasteiger partial charge >= 0.3 is 6.18 Å². The van der Waals surface area contributed by atoms with Gasteiger partial charge in [0, 0.05) is 24.2 Å². The number of carbonyl (C=O) groups excluding carboxylic acids is 2. The Hall–Kier alpha value is -4.32. The van der Waals surface area contributed by atoms with E-state index in [-0.39, 0.29) is 47.0 Å². The number of amides is 2. The number of carbonyl (C=O) groups is 2. The molecule has 1 aromatic heterocycles. The molecule has 1 atom stereocenters. The molecule has 0 aliphatic carbocycles. The van der Waals surface area contributed by atoms with Crippen molar-refractivity contribution >= 4 is 40.6 Å². The molecule has 1 N–H and O–H groups in total. The molecule has 1 fully saturated rings. The largest absolute Gasteiger partial charge is 0.497 e. The van der Waals surface area contributed by atoms with E-state index >= 15 is 0 Å². The topological polar surface area (TPSA) is 96.5 Å². The van der Waals surface area contributed by atoms with E-state index < -0.39 is 17.0 Å². The third kappa shape index (κ3) is 6.96. The molecule has 12 heteroatoms. The number of nitrogens with zero attached hydrogens (tertiary/aromatic N) is 3. The van der Waals surface area contributed by atoms with Gasteiger partial charge in [-0.05, 0) is 48.5 Å². The van der Waals surface area contributed by atoms with Crippen molar-refractivity contribution in [2.75, 3.05) is 19.0 Å². The van der Waals surface area contributed by atoms with Gasteiger partial charge < -0.3 is 14.5 Å². The van der Waals surface area contributed by atoms with Gasteiger partial charge in [0.05, 0.1) is 18.9 Å². The molecular weight excluding hydrogens is 533 g/mol. The van der Waals surface area contributed by atoms with Crippen molar-refractivity contribution in [2.45, 2.75) is 17.8 Å². The SMILES string of the molecule is C=CCN1C(=O)C(CC(=O)Nc2ccc(OC)cc2)S/C1=N\N=C\c1ccc(-c2cccc(C(F)(F)F)c2)o1. The van der Waals surface area contributed by atoms with Crippen LogP contribution >= 0.6 is 11.8 Å². The Balaban J connectivity index is 1.42. The van der Waals surface area contributed by atoms with E-state index in [1.807, 2.05) is 0 Å². The highest BCUT2D eigenvalue weighted by atomic mass is 32.2. The lowest BCUT2D eigenvalue weighted by Gasteiger charge is -2.12. The summed E-state index contributed by atoms with van der Waals surface area (Å²) in [6.07, 6.45) is -1.73. The van der Waals surface area contributed by atoms with E-state index in [0.29, 0.717) is 11.4 Å². The summed E-state index contributed by atoms with van der Waals surface area (Å²) in [5.41, 5.74) is 0.0526. The Bertz CT molecular complexity index is 1420. The number of anilines is 1. The van der Waals surface area contributed by atoms with Gasteiger partial charge in [-0.2, -0.15) is 18.3 Å². The molecule has 0 spiro atoms. The van der Waals surface area contributed by atoms with Crippen LogP contribution in [0.5, 0.6) is 5.75 Å². The second-order valence-electron chi connectivity index (χ2n) is 8.23. The average molecular weight is 557 g/mol. The molecule has 0 radical (unpaired) electrons. The van der Waals surface area contributed by atoms with Crippen LogP contribution in [0.3, 0.4) is 0 Å². The standard InChI is InChI=1S/C27H23F3N4O4S/c1-3-13-34-25(36)23(15-24(35)32-19-7-9-20(37-2)10-8-19)39-26(34)33-31-16-21-11-12-22(38-21)17-5-4-6-18(14-17)27(28,29)30/h3-12,14,16,23H,1,13,15H2,2H3,(H,32,35)/b31-16+,33-26-. The van der Waals surface area contributed by atoms with Crippen molar-refractivity contribution in [3.8, 4) is 17.1 Å². The van der Waals surface area contributed by atoms with Crippen LogP contribution in [0, 0.1) is 0 Å². The van der Waals surface area contributed by atoms with Crippen molar-refractivity contribution < 1.29 is 31.9 Å². The zero-order chi connectivity index (χ0) is 28.0. The van der Waals surface area contributed by atoms with Gasteiger partial charge in [-0.25, -0.2) is 0 Å². The number of halogens is 3. The Morgan fingerprint density at radius 2 is 1.97 bits per heavy atom. The van der Waals surface area contributed by atoms with Crippen LogP contribution in [0.4, 0.5) is 18.9 Å². The predicted octanol–water partition coefficient (Wildman–Crippen LogP) is 5.82. The van der Waals surface area contributed by atoms with Gasteiger partial charge in [0.15, 0.2) is 5.17 Å². The van der Waals surface area contributed by atoms with Crippen molar-refractivity contribution in [2.24, 2.45) is 10.2 Å². The van der Waals surface area contributed by atoms with Crippen LogP contribution in [0.2, 0.25) is 0 Å². The van der Waals surface area contributed by atoms with Gasteiger partial charge in [-0.15, -0.1) is 11.7 Å². The van der Waals surface area contributed by atoms with E-state index in [9.17, 15) is 22.8 Å². The van der Waals surface area contributed by atoms with Gasteiger partial charge in [0.1, 0.15) is 22.5 Å². The maximum absolute atomic E-state index is 13.0. The molecule has 1 unspecified atom stereocenters. The van der Waals surface area contributed by atoms with E-state index in [4.69, 9.17) is 9.15 Å². The van der Waals surface area contributed by atoms with Crippen molar-refractivity contribution in [1.29, 1.82) is 0 Å². The number of alkyl halides is 3. The second-order valence-corrected chi connectivity index (χ2v) is 9.40. The van der Waals surface area contributed by atoms with E-state index in [1.54, 1.807) is 37.4 Å². The van der Waals surface area contributed by atoms with Crippen molar-refractivity contribution in [3.05, 3.63) is 84.6 Å². The molecule has 1 aliphatic heterocycles. The number of methoxy groups -OCH3 is 1. The Morgan fingerprint density at radius 1 is 1.21 bits per heavy atom. The highest BCUT2D eigenvalue weighted by molar-refractivity contribution is 8.15. The number of hydrogen-bond donors (Lipinski definition) is 1. The minimum absolute atomic E-state index is 0.0789. The van der Waals surface area contributed by atoms with Crippen molar-refractivity contribution in [3.63, 3.8) is 0 Å². The molecule has 0 bridgehead atoms. The minimum atomic E-state index is -4.47. The fourth-order valence-corrected chi connectivity index (χ4v) is 4.73. The number of ether oxygens (including phenoxy) is 1.